The molecule has 2 N–H and O–H groups in total. The van der Waals surface area contributed by atoms with E-state index in [1.165, 1.54) is 0 Å². The first-order valence-electron chi connectivity index (χ1n) is 10.2. The number of nitrogens with zero attached hydrogens (tertiary/aromatic N) is 1. The Labute approximate surface area is 171 Å². The monoisotopic (exact) mass is 415 g/mol. The van der Waals surface area contributed by atoms with E-state index in [1.54, 1.807) is 14.2 Å². The van der Waals surface area contributed by atoms with Gasteiger partial charge in [-0.3, -0.25) is 4.99 Å². The number of guanidine groups is 1. The first-order valence-corrected chi connectivity index (χ1v) is 10.2. The molecule has 0 aromatic heterocycles. The summed E-state index contributed by atoms with van der Waals surface area (Å²) < 4.78 is 49.2. The second kappa shape index (κ2) is 11.2. The fraction of sp³-hybridized carbons (Fsp3) is 0.667. The van der Waals surface area contributed by atoms with E-state index in [1.807, 2.05) is 25.1 Å². The van der Waals surface area contributed by atoms with Gasteiger partial charge in [0.15, 0.2) is 17.5 Å². The van der Waals surface area contributed by atoms with E-state index in [0.29, 0.717) is 32.0 Å². The van der Waals surface area contributed by atoms with E-state index in [4.69, 9.17) is 9.47 Å². The molecule has 1 aromatic carbocycles. The zero-order chi connectivity index (χ0) is 21.3. The van der Waals surface area contributed by atoms with E-state index in [-0.39, 0.29) is 18.9 Å². The lowest BCUT2D eigenvalue weighted by molar-refractivity contribution is -0.182. The minimum atomic E-state index is -4.08. The number of ether oxygens (including phenoxy) is 2. The summed E-state index contributed by atoms with van der Waals surface area (Å²) in [6.45, 7) is 3.23. The molecule has 1 aromatic rings. The third kappa shape index (κ3) is 7.33. The van der Waals surface area contributed by atoms with Crippen molar-refractivity contribution >= 4 is 5.96 Å². The van der Waals surface area contributed by atoms with Crippen molar-refractivity contribution in [3.05, 3.63) is 23.8 Å². The second-order valence-electron chi connectivity index (χ2n) is 7.26. The number of nitrogens with one attached hydrogen (secondary N) is 2. The number of methoxy groups -OCH3 is 1. The average Bonchev–Trinajstić information content (AvgIpc) is 2.70. The predicted molar refractivity (Wildman–Crippen MR) is 109 cm³/mol. The van der Waals surface area contributed by atoms with Crippen LogP contribution < -0.4 is 20.1 Å². The van der Waals surface area contributed by atoms with Gasteiger partial charge in [-0.05, 0) is 63.1 Å². The van der Waals surface area contributed by atoms with Crippen molar-refractivity contribution in [1.29, 1.82) is 0 Å². The summed E-state index contributed by atoms with van der Waals surface area (Å²) in [7, 11) is 3.30. The molecule has 0 bridgehead atoms. The van der Waals surface area contributed by atoms with Crippen molar-refractivity contribution in [2.24, 2.45) is 10.9 Å². The normalized spacial score (nSPS) is 20.3. The molecule has 0 aliphatic heterocycles. The Hall–Kier alpha value is -2.12. The molecule has 1 fully saturated rings. The Bertz CT molecular complexity index is 657. The van der Waals surface area contributed by atoms with Crippen molar-refractivity contribution in [2.75, 3.05) is 27.3 Å². The molecule has 0 heterocycles. The van der Waals surface area contributed by atoms with Gasteiger partial charge in [-0.15, -0.1) is 0 Å². The molecule has 0 radical (unpaired) electrons. The summed E-state index contributed by atoms with van der Waals surface area (Å²) in [6, 6.07) is 5.96. The number of halogens is 3. The van der Waals surface area contributed by atoms with Crippen molar-refractivity contribution in [3.63, 3.8) is 0 Å². The Morgan fingerprint density at radius 1 is 1.17 bits per heavy atom. The Balaban J connectivity index is 1.73. The molecule has 8 heteroatoms. The molecule has 0 amide bonds. The van der Waals surface area contributed by atoms with E-state index in [0.717, 1.165) is 29.9 Å². The molecule has 0 atom stereocenters. The summed E-state index contributed by atoms with van der Waals surface area (Å²) >= 11 is 0. The number of alkyl halides is 3. The molecule has 5 nitrogen and oxygen atoms in total. The third-order valence-electron chi connectivity index (χ3n) is 5.22. The number of rotatable bonds is 8. The van der Waals surface area contributed by atoms with Crippen LogP contribution in [-0.2, 0) is 6.42 Å². The van der Waals surface area contributed by atoms with Crippen molar-refractivity contribution in [3.8, 4) is 11.5 Å². The molecule has 0 unspecified atom stereocenters. The molecule has 1 saturated carbocycles. The number of aliphatic imine (C=N–C) groups is 1. The Kier molecular flexibility index (Phi) is 8.92. The SMILES string of the molecule is CCOc1cc(CCCNC(=NC)NC2CCC(C(F)(F)F)CC2)ccc1OC. The lowest BCUT2D eigenvalue weighted by atomic mass is 9.85. The second-order valence-corrected chi connectivity index (χ2v) is 7.26. The van der Waals surface area contributed by atoms with Crippen LogP contribution in [-0.4, -0.2) is 45.5 Å². The van der Waals surface area contributed by atoms with Crippen LogP contribution in [0.15, 0.2) is 23.2 Å². The fourth-order valence-corrected chi connectivity index (χ4v) is 3.60. The lowest BCUT2D eigenvalue weighted by Crippen LogP contribution is -2.46. The van der Waals surface area contributed by atoms with Crippen molar-refractivity contribution < 1.29 is 22.6 Å². The summed E-state index contributed by atoms with van der Waals surface area (Å²) in [5.74, 6) is 0.942. The lowest BCUT2D eigenvalue weighted by Gasteiger charge is -2.31. The van der Waals surface area contributed by atoms with Gasteiger partial charge in [0.1, 0.15) is 0 Å². The molecule has 29 heavy (non-hydrogen) atoms. The maximum absolute atomic E-state index is 12.8. The molecular weight excluding hydrogens is 383 g/mol. The molecule has 0 saturated heterocycles. The van der Waals surface area contributed by atoms with Gasteiger partial charge < -0.3 is 20.1 Å². The topological polar surface area (TPSA) is 54.9 Å². The average molecular weight is 416 g/mol. The maximum atomic E-state index is 12.8. The van der Waals surface area contributed by atoms with Gasteiger partial charge in [0.05, 0.1) is 19.6 Å². The van der Waals surface area contributed by atoms with Gasteiger partial charge in [0, 0.05) is 19.6 Å². The van der Waals surface area contributed by atoms with Crippen molar-refractivity contribution in [2.45, 2.75) is 57.7 Å². The number of aryl methyl sites for hydroxylation is 1. The van der Waals surface area contributed by atoms with Crippen LogP contribution in [0.1, 0.15) is 44.6 Å². The van der Waals surface area contributed by atoms with Crippen LogP contribution in [0.25, 0.3) is 0 Å². The van der Waals surface area contributed by atoms with E-state index >= 15 is 0 Å². The first-order chi connectivity index (χ1) is 13.9. The molecule has 0 spiro atoms. The smallest absolute Gasteiger partial charge is 0.391 e. The zero-order valence-electron chi connectivity index (χ0n) is 17.4. The highest BCUT2D eigenvalue weighted by molar-refractivity contribution is 5.79. The summed E-state index contributed by atoms with van der Waals surface area (Å²) in [6.07, 6.45) is -0.942. The molecular formula is C21H32F3N3O2. The minimum Gasteiger partial charge on any atom is -0.493 e. The van der Waals surface area contributed by atoms with Gasteiger partial charge in [-0.2, -0.15) is 13.2 Å². The third-order valence-corrected chi connectivity index (χ3v) is 5.22. The van der Waals surface area contributed by atoms with Crippen LogP contribution in [0.4, 0.5) is 13.2 Å². The molecule has 1 aliphatic carbocycles. The largest absolute Gasteiger partial charge is 0.493 e. The van der Waals surface area contributed by atoms with Crippen LogP contribution in [0.2, 0.25) is 0 Å². The highest BCUT2D eigenvalue weighted by atomic mass is 19.4. The first kappa shape index (κ1) is 23.2. The quantitative estimate of drug-likeness (QED) is 0.377. The summed E-state index contributed by atoms with van der Waals surface area (Å²) in [5, 5.41) is 6.50. The van der Waals surface area contributed by atoms with Crippen molar-refractivity contribution in [1.82, 2.24) is 10.6 Å². The van der Waals surface area contributed by atoms with E-state index in [2.05, 4.69) is 15.6 Å². The van der Waals surface area contributed by atoms with Gasteiger partial charge in [-0.1, -0.05) is 6.07 Å². The molecule has 2 rings (SSSR count). The molecule has 164 valence electrons. The Morgan fingerprint density at radius 3 is 2.48 bits per heavy atom. The zero-order valence-corrected chi connectivity index (χ0v) is 17.4. The Morgan fingerprint density at radius 2 is 1.90 bits per heavy atom. The van der Waals surface area contributed by atoms with E-state index in [9.17, 15) is 13.2 Å². The van der Waals surface area contributed by atoms with Gasteiger partial charge >= 0.3 is 6.18 Å². The van der Waals surface area contributed by atoms with E-state index < -0.39 is 12.1 Å². The highest BCUT2D eigenvalue weighted by Gasteiger charge is 2.41. The standard InChI is InChI=1S/C21H32F3N3O2/c1-4-29-19-14-15(7-12-18(19)28-3)6-5-13-26-20(25-2)27-17-10-8-16(9-11-17)21(22,23)24/h7,12,14,16-17H,4-6,8-11,13H2,1-3H3,(H2,25,26,27). The maximum Gasteiger partial charge on any atom is 0.391 e. The number of hydrogen-bond acceptors (Lipinski definition) is 3. The van der Waals surface area contributed by atoms with Gasteiger partial charge in [0.25, 0.3) is 0 Å². The van der Waals surface area contributed by atoms with Crippen LogP contribution in [0, 0.1) is 5.92 Å². The fourth-order valence-electron chi connectivity index (χ4n) is 3.60. The summed E-state index contributed by atoms with van der Waals surface area (Å²) in [5.41, 5.74) is 1.16. The van der Waals surface area contributed by atoms with Crippen LogP contribution in [0.3, 0.4) is 0 Å². The number of hydrogen-bond donors (Lipinski definition) is 2. The molecule has 1 aliphatic rings. The summed E-state index contributed by atoms with van der Waals surface area (Å²) in [4.78, 5) is 4.19. The van der Waals surface area contributed by atoms with Gasteiger partial charge in [-0.25, -0.2) is 0 Å². The van der Waals surface area contributed by atoms with Gasteiger partial charge in [0.2, 0.25) is 0 Å². The van der Waals surface area contributed by atoms with Crippen LogP contribution in [0.5, 0.6) is 11.5 Å². The number of benzene rings is 1. The highest BCUT2D eigenvalue weighted by Crippen LogP contribution is 2.37. The van der Waals surface area contributed by atoms with Crippen LogP contribution >= 0.6 is 0 Å². The minimum absolute atomic E-state index is 0.0372. The predicted octanol–water partition coefficient (Wildman–Crippen LogP) is 4.31.